The van der Waals surface area contributed by atoms with E-state index in [9.17, 15) is 19.7 Å². The Balaban J connectivity index is 2.01. The zero-order valence-corrected chi connectivity index (χ0v) is 15.7. The van der Waals surface area contributed by atoms with Crippen LogP contribution in [0.1, 0.15) is 17.2 Å². The van der Waals surface area contributed by atoms with Crippen LogP contribution in [0.5, 0.6) is 5.75 Å². The van der Waals surface area contributed by atoms with Gasteiger partial charge in [-0.1, -0.05) is 18.2 Å². The van der Waals surface area contributed by atoms with Gasteiger partial charge in [0.05, 0.1) is 23.8 Å². The Bertz CT molecular complexity index is 884. The van der Waals surface area contributed by atoms with Gasteiger partial charge < -0.3 is 20.1 Å². The number of hydrogen-bond acceptors (Lipinski definition) is 6. The van der Waals surface area contributed by atoms with Gasteiger partial charge in [0.15, 0.2) is 0 Å². The highest BCUT2D eigenvalue weighted by Gasteiger charge is 2.19. The fourth-order valence-corrected chi connectivity index (χ4v) is 2.48. The third-order valence-electron chi connectivity index (χ3n) is 4.08. The first-order valence-electron chi connectivity index (χ1n) is 8.36. The monoisotopic (exact) mass is 387 g/mol. The molecule has 28 heavy (non-hydrogen) atoms. The van der Waals surface area contributed by atoms with Crippen LogP contribution in [0.4, 0.5) is 11.4 Å². The maximum absolute atomic E-state index is 12.1. The minimum absolute atomic E-state index is 0.0594. The number of non-ortho nitro benzene ring substituents is 1. The zero-order valence-electron chi connectivity index (χ0n) is 15.7. The molecule has 0 aromatic heterocycles. The number of nitrogens with zero attached hydrogens (tertiary/aromatic N) is 1. The number of rotatable bonds is 7. The second-order valence-electron chi connectivity index (χ2n) is 5.92. The van der Waals surface area contributed by atoms with Gasteiger partial charge in [-0.3, -0.25) is 19.7 Å². The Morgan fingerprint density at radius 1 is 1.14 bits per heavy atom. The fourth-order valence-electron chi connectivity index (χ4n) is 2.48. The topological polar surface area (TPSA) is 120 Å². The summed E-state index contributed by atoms with van der Waals surface area (Å²) in [4.78, 5) is 34.5. The van der Waals surface area contributed by atoms with Gasteiger partial charge in [0.25, 0.3) is 5.69 Å². The predicted octanol–water partition coefficient (Wildman–Crippen LogP) is 2.35. The highest BCUT2D eigenvalue weighted by molar-refractivity contribution is 6.39. The molecule has 0 saturated heterocycles. The van der Waals surface area contributed by atoms with Crippen molar-refractivity contribution in [1.29, 1.82) is 0 Å². The summed E-state index contributed by atoms with van der Waals surface area (Å²) >= 11 is 0. The van der Waals surface area contributed by atoms with E-state index in [1.807, 2.05) is 6.07 Å². The van der Waals surface area contributed by atoms with Crippen molar-refractivity contribution in [2.45, 2.75) is 13.0 Å². The first kappa shape index (κ1) is 20.8. The summed E-state index contributed by atoms with van der Waals surface area (Å²) in [5.41, 5.74) is 1.39. The van der Waals surface area contributed by atoms with Crippen LogP contribution in [0.3, 0.4) is 0 Å². The number of carbonyl (C=O) groups is 2. The summed E-state index contributed by atoms with van der Waals surface area (Å²) in [7, 11) is 3.03. The molecule has 0 radical (unpaired) electrons. The summed E-state index contributed by atoms with van der Waals surface area (Å²) in [6, 6.07) is 11.2. The molecule has 2 amide bonds. The van der Waals surface area contributed by atoms with Crippen molar-refractivity contribution in [2.24, 2.45) is 0 Å². The summed E-state index contributed by atoms with van der Waals surface area (Å²) < 4.78 is 10.5. The summed E-state index contributed by atoms with van der Waals surface area (Å²) in [5.74, 6) is -1.16. The lowest BCUT2D eigenvalue weighted by Crippen LogP contribution is -2.38. The van der Waals surface area contributed by atoms with E-state index in [0.29, 0.717) is 11.3 Å². The van der Waals surface area contributed by atoms with Crippen molar-refractivity contribution >= 4 is 23.2 Å². The van der Waals surface area contributed by atoms with Crippen LogP contribution in [0.25, 0.3) is 0 Å². The molecule has 2 aromatic rings. The Kier molecular flexibility index (Phi) is 7.05. The van der Waals surface area contributed by atoms with Crippen LogP contribution in [0, 0.1) is 17.0 Å². The Morgan fingerprint density at radius 2 is 1.89 bits per heavy atom. The molecule has 0 aliphatic rings. The Morgan fingerprint density at radius 3 is 2.54 bits per heavy atom. The molecule has 0 fully saturated rings. The molecule has 0 heterocycles. The van der Waals surface area contributed by atoms with Gasteiger partial charge in [0.1, 0.15) is 5.75 Å². The largest absolute Gasteiger partial charge is 0.497 e. The van der Waals surface area contributed by atoms with E-state index < -0.39 is 22.8 Å². The molecule has 2 N–H and O–H groups in total. The molecule has 148 valence electrons. The van der Waals surface area contributed by atoms with Gasteiger partial charge in [-0.2, -0.15) is 0 Å². The molecule has 9 heteroatoms. The standard InChI is InChI=1S/C19H21N3O6/c1-12-7-8-14(22(25)26)10-16(12)21-19(24)18(23)20-11-17(28-3)13-5-4-6-15(9-13)27-2/h4-10,17H,11H2,1-3H3,(H,20,23)(H,21,24). The second kappa shape index (κ2) is 9.47. The Labute approximate surface area is 161 Å². The SMILES string of the molecule is COc1cccc(C(CNC(=O)C(=O)Nc2cc([N+](=O)[O-])ccc2C)OC)c1. The summed E-state index contributed by atoms with van der Waals surface area (Å²) in [5, 5.41) is 15.8. The van der Waals surface area contributed by atoms with E-state index >= 15 is 0 Å². The summed E-state index contributed by atoms with van der Waals surface area (Å²) in [6.45, 7) is 1.73. The average molecular weight is 387 g/mol. The van der Waals surface area contributed by atoms with E-state index in [0.717, 1.165) is 5.56 Å². The van der Waals surface area contributed by atoms with Crippen molar-refractivity contribution in [3.63, 3.8) is 0 Å². The number of ether oxygens (including phenoxy) is 2. The molecule has 0 aliphatic heterocycles. The van der Waals surface area contributed by atoms with Crippen LogP contribution in [-0.4, -0.2) is 37.5 Å². The number of nitrogens with one attached hydrogen (secondary N) is 2. The van der Waals surface area contributed by atoms with Crippen molar-refractivity contribution in [3.05, 3.63) is 63.7 Å². The lowest BCUT2D eigenvalue weighted by molar-refractivity contribution is -0.384. The number of benzene rings is 2. The number of amides is 2. The molecule has 0 bridgehead atoms. The molecule has 0 aliphatic carbocycles. The van der Waals surface area contributed by atoms with E-state index in [4.69, 9.17) is 9.47 Å². The van der Waals surface area contributed by atoms with E-state index in [-0.39, 0.29) is 17.9 Å². The van der Waals surface area contributed by atoms with Gasteiger partial charge in [-0.15, -0.1) is 0 Å². The van der Waals surface area contributed by atoms with E-state index in [1.54, 1.807) is 32.2 Å². The van der Waals surface area contributed by atoms with Gasteiger partial charge in [0.2, 0.25) is 0 Å². The smallest absolute Gasteiger partial charge is 0.313 e. The number of methoxy groups -OCH3 is 2. The van der Waals surface area contributed by atoms with Crippen LogP contribution in [0.15, 0.2) is 42.5 Å². The minimum Gasteiger partial charge on any atom is -0.497 e. The number of nitro benzene ring substituents is 1. The number of anilines is 1. The van der Waals surface area contributed by atoms with Gasteiger partial charge in [0, 0.05) is 25.8 Å². The van der Waals surface area contributed by atoms with Crippen molar-refractivity contribution in [3.8, 4) is 5.75 Å². The highest BCUT2D eigenvalue weighted by Crippen LogP contribution is 2.22. The number of aryl methyl sites for hydroxylation is 1. The van der Waals surface area contributed by atoms with E-state index in [1.165, 1.54) is 25.3 Å². The van der Waals surface area contributed by atoms with E-state index in [2.05, 4.69) is 10.6 Å². The van der Waals surface area contributed by atoms with Crippen molar-refractivity contribution < 1.29 is 24.0 Å². The molecule has 2 rings (SSSR count). The molecule has 2 aromatic carbocycles. The van der Waals surface area contributed by atoms with Gasteiger partial charge >= 0.3 is 11.8 Å². The third-order valence-corrected chi connectivity index (χ3v) is 4.08. The second-order valence-corrected chi connectivity index (χ2v) is 5.92. The molecular formula is C19H21N3O6. The maximum atomic E-state index is 12.1. The van der Waals surface area contributed by atoms with Crippen LogP contribution >= 0.6 is 0 Å². The van der Waals surface area contributed by atoms with Crippen LogP contribution in [0.2, 0.25) is 0 Å². The molecule has 0 saturated carbocycles. The van der Waals surface area contributed by atoms with Crippen LogP contribution < -0.4 is 15.4 Å². The normalized spacial score (nSPS) is 11.4. The van der Waals surface area contributed by atoms with Gasteiger partial charge in [-0.05, 0) is 30.2 Å². The van der Waals surface area contributed by atoms with Gasteiger partial charge in [-0.25, -0.2) is 0 Å². The average Bonchev–Trinajstić information content (AvgIpc) is 2.69. The molecule has 1 unspecified atom stereocenters. The Hall–Kier alpha value is -3.46. The summed E-state index contributed by atoms with van der Waals surface area (Å²) in [6.07, 6.45) is -0.480. The fraction of sp³-hybridized carbons (Fsp3) is 0.263. The van der Waals surface area contributed by atoms with Crippen molar-refractivity contribution in [2.75, 3.05) is 26.1 Å². The third kappa shape index (κ3) is 5.27. The predicted molar refractivity (Wildman–Crippen MR) is 102 cm³/mol. The lowest BCUT2D eigenvalue weighted by atomic mass is 10.1. The quantitative estimate of drug-likeness (QED) is 0.427. The number of hydrogen-bond donors (Lipinski definition) is 2. The van der Waals surface area contributed by atoms with Crippen molar-refractivity contribution in [1.82, 2.24) is 5.32 Å². The lowest BCUT2D eigenvalue weighted by Gasteiger charge is -2.17. The highest BCUT2D eigenvalue weighted by atomic mass is 16.6. The zero-order chi connectivity index (χ0) is 20.7. The molecule has 9 nitrogen and oxygen atoms in total. The molecule has 0 spiro atoms. The minimum atomic E-state index is -0.927. The number of nitro groups is 1. The first-order chi connectivity index (χ1) is 13.3. The molecule has 1 atom stereocenters. The number of carbonyl (C=O) groups excluding carboxylic acids is 2. The van der Waals surface area contributed by atoms with Crippen LogP contribution in [-0.2, 0) is 14.3 Å². The first-order valence-corrected chi connectivity index (χ1v) is 8.36. The molecular weight excluding hydrogens is 366 g/mol. The maximum Gasteiger partial charge on any atom is 0.313 e.